The van der Waals surface area contributed by atoms with Crippen LogP contribution in [0.4, 0.5) is 0 Å². The standard InChI is InChI=1S/C9H12N3.3C4H9.Sn/c1-2-7-12(6-1)8-9-10-4-3-5-11-9;3*1-3-4-2;/h4-5H,1-2,6-8H2;3*1,3-4H2,2H3;. The van der Waals surface area contributed by atoms with Crippen LogP contribution in [0.2, 0.25) is 13.3 Å². The molecular formula is C21H39N3Sn. The van der Waals surface area contributed by atoms with Gasteiger partial charge in [0.05, 0.1) is 0 Å². The Bertz CT molecular complexity index is 447. The van der Waals surface area contributed by atoms with Crippen LogP contribution in [0.1, 0.15) is 78.0 Å². The van der Waals surface area contributed by atoms with E-state index in [1.54, 1.807) is 3.58 Å². The normalized spacial score (nSPS) is 15.8. The van der Waals surface area contributed by atoms with Gasteiger partial charge in [-0.15, -0.1) is 0 Å². The van der Waals surface area contributed by atoms with E-state index in [9.17, 15) is 0 Å². The molecule has 0 saturated carbocycles. The second kappa shape index (κ2) is 11.5. The fraction of sp³-hybridized carbons (Fsp3) is 0.810. The van der Waals surface area contributed by atoms with Crippen molar-refractivity contribution in [1.29, 1.82) is 0 Å². The molecule has 0 amide bonds. The molecule has 1 fully saturated rings. The molecule has 0 unspecified atom stereocenters. The number of aromatic nitrogens is 2. The van der Waals surface area contributed by atoms with Gasteiger partial charge in [-0.05, 0) is 0 Å². The molecule has 0 spiro atoms. The zero-order chi connectivity index (χ0) is 18.0. The van der Waals surface area contributed by atoms with E-state index in [2.05, 4.69) is 38.1 Å². The molecular weight excluding hydrogens is 413 g/mol. The van der Waals surface area contributed by atoms with Crippen molar-refractivity contribution in [2.75, 3.05) is 13.1 Å². The van der Waals surface area contributed by atoms with Crippen LogP contribution in [0.3, 0.4) is 0 Å². The number of nitrogens with zero attached hydrogens (tertiary/aromatic N) is 3. The predicted octanol–water partition coefficient (Wildman–Crippen LogP) is 5.13. The van der Waals surface area contributed by atoms with E-state index in [1.807, 2.05) is 0 Å². The maximum atomic E-state index is 4.83. The van der Waals surface area contributed by atoms with Gasteiger partial charge in [0.25, 0.3) is 0 Å². The molecule has 1 saturated heterocycles. The summed E-state index contributed by atoms with van der Waals surface area (Å²) in [5, 5.41) is 0. The molecule has 0 bridgehead atoms. The first kappa shape index (κ1) is 21.1. The van der Waals surface area contributed by atoms with Gasteiger partial charge in [-0.25, -0.2) is 0 Å². The summed E-state index contributed by atoms with van der Waals surface area (Å²) in [5.74, 6) is 1.03. The second-order valence-corrected chi connectivity index (χ2v) is 21.2. The summed E-state index contributed by atoms with van der Waals surface area (Å²) in [7, 11) is 0. The number of rotatable bonds is 12. The van der Waals surface area contributed by atoms with Gasteiger partial charge >= 0.3 is 160 Å². The molecule has 0 N–H and O–H groups in total. The Hall–Kier alpha value is -0.161. The Kier molecular flexibility index (Phi) is 9.75. The Balaban J connectivity index is 2.14. The number of hydrogen-bond donors (Lipinski definition) is 0. The predicted molar refractivity (Wildman–Crippen MR) is 111 cm³/mol. The van der Waals surface area contributed by atoms with Crippen LogP contribution in [-0.2, 0) is 6.54 Å². The second-order valence-electron chi connectivity index (χ2n) is 7.96. The number of unbranched alkanes of at least 4 members (excludes halogenated alkanes) is 3. The number of hydrogen-bond acceptors (Lipinski definition) is 3. The summed E-state index contributed by atoms with van der Waals surface area (Å²) >= 11 is -2.33. The molecule has 1 aromatic rings. The summed E-state index contributed by atoms with van der Waals surface area (Å²) in [6.07, 6.45) is 15.4. The third kappa shape index (κ3) is 6.50. The van der Waals surface area contributed by atoms with E-state index >= 15 is 0 Å². The Morgan fingerprint density at radius 3 is 1.76 bits per heavy atom. The summed E-state index contributed by atoms with van der Waals surface area (Å²) in [5.41, 5.74) is 0. The van der Waals surface area contributed by atoms with E-state index in [1.165, 1.54) is 77.8 Å². The summed E-state index contributed by atoms with van der Waals surface area (Å²) < 4.78 is 6.11. The van der Waals surface area contributed by atoms with E-state index in [0.717, 1.165) is 12.4 Å². The van der Waals surface area contributed by atoms with Gasteiger partial charge in [0.2, 0.25) is 0 Å². The van der Waals surface area contributed by atoms with Crippen molar-refractivity contribution in [3.05, 3.63) is 18.2 Å². The number of likely N-dealkylation sites (tertiary alicyclic amines) is 1. The SMILES string of the molecule is CCC[CH2][Sn]([CH2]CCC)([CH2]CCC)[c]1cnc(CN2CCCC2)nc1. The topological polar surface area (TPSA) is 29.0 Å². The molecule has 1 aliphatic heterocycles. The van der Waals surface area contributed by atoms with Crippen LogP contribution in [0, 0.1) is 0 Å². The van der Waals surface area contributed by atoms with Gasteiger partial charge < -0.3 is 0 Å². The summed E-state index contributed by atoms with van der Waals surface area (Å²) in [6, 6.07) is 0. The molecule has 3 nitrogen and oxygen atoms in total. The van der Waals surface area contributed by atoms with Gasteiger partial charge in [-0.3, -0.25) is 0 Å². The third-order valence-corrected chi connectivity index (χ3v) is 21.4. The van der Waals surface area contributed by atoms with Crippen molar-refractivity contribution < 1.29 is 0 Å². The Labute approximate surface area is 159 Å². The third-order valence-electron chi connectivity index (χ3n) is 5.91. The molecule has 2 heterocycles. The van der Waals surface area contributed by atoms with Gasteiger partial charge in [0.1, 0.15) is 0 Å². The zero-order valence-corrected chi connectivity index (χ0v) is 19.7. The van der Waals surface area contributed by atoms with Crippen LogP contribution < -0.4 is 3.58 Å². The van der Waals surface area contributed by atoms with E-state index in [0.29, 0.717) is 0 Å². The average Bonchev–Trinajstić information content (AvgIpc) is 3.15. The van der Waals surface area contributed by atoms with Crippen molar-refractivity contribution >= 4 is 22.0 Å². The molecule has 1 aromatic heterocycles. The van der Waals surface area contributed by atoms with Crippen LogP contribution in [-0.4, -0.2) is 46.3 Å². The van der Waals surface area contributed by atoms with E-state index < -0.39 is 18.4 Å². The molecule has 1 aliphatic rings. The van der Waals surface area contributed by atoms with Crippen molar-refractivity contribution in [2.45, 2.75) is 92.0 Å². The first-order chi connectivity index (χ1) is 12.2. The van der Waals surface area contributed by atoms with Gasteiger partial charge in [-0.2, -0.15) is 0 Å². The van der Waals surface area contributed by atoms with Gasteiger partial charge in [0.15, 0.2) is 0 Å². The minimum absolute atomic E-state index is 0.946. The van der Waals surface area contributed by atoms with Crippen LogP contribution in [0.5, 0.6) is 0 Å². The Morgan fingerprint density at radius 2 is 1.32 bits per heavy atom. The van der Waals surface area contributed by atoms with Crippen LogP contribution >= 0.6 is 0 Å². The molecule has 0 atom stereocenters. The molecule has 0 aromatic carbocycles. The molecule has 0 aliphatic carbocycles. The van der Waals surface area contributed by atoms with Crippen molar-refractivity contribution in [1.82, 2.24) is 14.9 Å². The fourth-order valence-corrected chi connectivity index (χ4v) is 19.6. The average molecular weight is 452 g/mol. The zero-order valence-electron chi connectivity index (χ0n) is 16.9. The monoisotopic (exact) mass is 453 g/mol. The minimum atomic E-state index is -2.33. The van der Waals surface area contributed by atoms with Crippen molar-refractivity contribution in [3.8, 4) is 0 Å². The van der Waals surface area contributed by atoms with Gasteiger partial charge in [-0.1, -0.05) is 0 Å². The van der Waals surface area contributed by atoms with Crippen molar-refractivity contribution in [2.24, 2.45) is 0 Å². The summed E-state index contributed by atoms with van der Waals surface area (Å²) in [4.78, 5) is 12.2. The molecule has 0 radical (unpaired) electrons. The summed E-state index contributed by atoms with van der Waals surface area (Å²) in [6.45, 7) is 10.4. The van der Waals surface area contributed by atoms with Crippen LogP contribution in [0.25, 0.3) is 0 Å². The molecule has 4 heteroatoms. The van der Waals surface area contributed by atoms with Crippen molar-refractivity contribution in [3.63, 3.8) is 0 Å². The molecule has 25 heavy (non-hydrogen) atoms. The first-order valence-corrected chi connectivity index (χ1v) is 18.3. The van der Waals surface area contributed by atoms with E-state index in [4.69, 9.17) is 9.97 Å². The van der Waals surface area contributed by atoms with E-state index in [-0.39, 0.29) is 0 Å². The molecule has 142 valence electrons. The quantitative estimate of drug-likeness (QED) is 0.412. The van der Waals surface area contributed by atoms with Crippen LogP contribution in [0.15, 0.2) is 12.4 Å². The fourth-order valence-electron chi connectivity index (χ4n) is 4.20. The van der Waals surface area contributed by atoms with Gasteiger partial charge in [0, 0.05) is 0 Å². The molecule has 2 rings (SSSR count). The Morgan fingerprint density at radius 1 is 0.840 bits per heavy atom. The maximum absolute atomic E-state index is 4.83. The first-order valence-electron chi connectivity index (χ1n) is 10.8.